The van der Waals surface area contributed by atoms with E-state index < -0.39 is 23.8 Å². The van der Waals surface area contributed by atoms with E-state index in [9.17, 15) is 19.5 Å². The van der Waals surface area contributed by atoms with Crippen molar-refractivity contribution < 1.29 is 24.2 Å². The number of nitrogens with zero attached hydrogens (tertiary/aromatic N) is 1. The Morgan fingerprint density at radius 3 is 2.12 bits per heavy atom. The Labute approximate surface area is 239 Å². The van der Waals surface area contributed by atoms with Gasteiger partial charge in [-0.3, -0.25) is 9.59 Å². The number of amides is 3. The van der Waals surface area contributed by atoms with Gasteiger partial charge in [0, 0.05) is 19.5 Å². The molecule has 0 saturated carbocycles. The first-order valence-electron chi connectivity index (χ1n) is 14.3. The molecule has 0 heterocycles. The number of rotatable bonds is 13. The van der Waals surface area contributed by atoms with Crippen molar-refractivity contribution in [3.63, 3.8) is 0 Å². The lowest BCUT2D eigenvalue weighted by Crippen LogP contribution is -2.54. The predicted octanol–water partition coefficient (Wildman–Crippen LogP) is 5.73. The first kappa shape index (κ1) is 32.7. The molecule has 2 rings (SSSR count). The van der Waals surface area contributed by atoms with Gasteiger partial charge in [0.1, 0.15) is 23.4 Å². The average Bonchev–Trinajstić information content (AvgIpc) is 2.87. The minimum Gasteiger partial charge on any atom is -0.508 e. The van der Waals surface area contributed by atoms with Gasteiger partial charge in [-0.25, -0.2) is 4.79 Å². The van der Waals surface area contributed by atoms with E-state index in [1.54, 1.807) is 37.8 Å². The molecule has 2 unspecified atom stereocenters. The van der Waals surface area contributed by atoms with Crippen molar-refractivity contribution in [3.8, 4) is 5.75 Å². The fourth-order valence-electron chi connectivity index (χ4n) is 4.70. The minimum absolute atomic E-state index is 0.106. The molecule has 2 aromatic carbocycles. The number of carbonyl (C=O) groups is 3. The van der Waals surface area contributed by atoms with Crippen molar-refractivity contribution in [3.05, 3.63) is 64.7 Å². The van der Waals surface area contributed by atoms with Crippen LogP contribution in [0.3, 0.4) is 0 Å². The molecule has 2 aromatic rings. The Bertz CT molecular complexity index is 1100. The number of carbonyl (C=O) groups excluding carboxylic acids is 3. The number of alkyl carbamates (subject to hydrolysis) is 1. The number of nitrogens with one attached hydrogen (secondary N) is 2. The summed E-state index contributed by atoms with van der Waals surface area (Å²) in [4.78, 5) is 42.6. The molecule has 0 aromatic heterocycles. The quantitative estimate of drug-likeness (QED) is 0.275. The first-order valence-corrected chi connectivity index (χ1v) is 14.3. The highest BCUT2D eigenvalue weighted by Gasteiger charge is 2.37. The molecule has 8 heteroatoms. The SMILES string of the molecule is CCCCCNC(=O)C(c1c(C)cccc1C)N(CCC)C(=O)C(Cc1ccc(O)cc1)NC(=O)OC(C)(C)C. The summed E-state index contributed by atoms with van der Waals surface area (Å²) < 4.78 is 5.48. The Morgan fingerprint density at radius 2 is 1.57 bits per heavy atom. The van der Waals surface area contributed by atoms with Crippen molar-refractivity contribution in [1.82, 2.24) is 15.5 Å². The van der Waals surface area contributed by atoms with Gasteiger partial charge in [0.15, 0.2) is 0 Å². The smallest absolute Gasteiger partial charge is 0.408 e. The van der Waals surface area contributed by atoms with Gasteiger partial charge in [-0.15, -0.1) is 0 Å². The predicted molar refractivity (Wildman–Crippen MR) is 158 cm³/mol. The Hall–Kier alpha value is -3.55. The van der Waals surface area contributed by atoms with Crippen molar-refractivity contribution >= 4 is 17.9 Å². The molecule has 3 amide bonds. The lowest BCUT2D eigenvalue weighted by atomic mass is 9.93. The average molecular weight is 554 g/mol. The Balaban J connectivity index is 2.54. The molecule has 40 heavy (non-hydrogen) atoms. The maximum atomic E-state index is 14.4. The van der Waals surface area contributed by atoms with E-state index in [1.165, 1.54) is 12.1 Å². The highest BCUT2D eigenvalue weighted by atomic mass is 16.6. The number of phenolic OH excluding ortho intramolecular Hbond substituents is 1. The van der Waals surface area contributed by atoms with Crippen LogP contribution >= 0.6 is 0 Å². The van der Waals surface area contributed by atoms with Crippen LogP contribution in [-0.2, 0) is 20.7 Å². The lowest BCUT2D eigenvalue weighted by Gasteiger charge is -2.35. The summed E-state index contributed by atoms with van der Waals surface area (Å²) in [6, 6.07) is 10.5. The molecule has 0 aliphatic carbocycles. The number of ether oxygens (including phenoxy) is 1. The van der Waals surface area contributed by atoms with Gasteiger partial charge >= 0.3 is 6.09 Å². The van der Waals surface area contributed by atoms with Gasteiger partial charge in [-0.2, -0.15) is 0 Å². The molecule has 2 atom stereocenters. The number of aromatic hydroxyl groups is 1. The van der Waals surface area contributed by atoms with E-state index in [0.29, 0.717) is 19.5 Å². The molecule has 0 aliphatic heterocycles. The third kappa shape index (κ3) is 9.88. The zero-order valence-corrected chi connectivity index (χ0v) is 25.2. The van der Waals surface area contributed by atoms with Crippen molar-refractivity contribution in [1.29, 1.82) is 0 Å². The monoisotopic (exact) mass is 553 g/mol. The molecule has 8 nitrogen and oxygen atoms in total. The van der Waals surface area contributed by atoms with Crippen molar-refractivity contribution in [2.75, 3.05) is 13.1 Å². The maximum absolute atomic E-state index is 14.4. The molecule has 0 spiro atoms. The van der Waals surface area contributed by atoms with E-state index in [0.717, 1.165) is 41.5 Å². The molecule has 220 valence electrons. The molecule has 0 bridgehead atoms. The van der Waals surface area contributed by atoms with Crippen LogP contribution in [0.25, 0.3) is 0 Å². The highest BCUT2D eigenvalue weighted by Crippen LogP contribution is 2.29. The summed E-state index contributed by atoms with van der Waals surface area (Å²) in [5.41, 5.74) is 2.61. The Morgan fingerprint density at radius 1 is 0.950 bits per heavy atom. The number of hydrogen-bond acceptors (Lipinski definition) is 5. The normalized spacial score (nSPS) is 12.8. The third-order valence-corrected chi connectivity index (χ3v) is 6.57. The van der Waals surface area contributed by atoms with Gasteiger partial charge in [-0.05, 0) is 81.8 Å². The standard InChI is InChI=1S/C32H47N3O5/c1-8-10-11-19-33-29(37)28(27-22(3)13-12-14-23(27)4)35(20-9-2)30(38)26(34-31(39)40-32(5,6)7)21-24-15-17-25(36)18-16-24/h12-18,26,28,36H,8-11,19-21H2,1-7H3,(H,33,37)(H,34,39). The second-order valence-electron chi connectivity index (χ2n) is 11.3. The van der Waals surface area contributed by atoms with Gasteiger partial charge in [0.2, 0.25) is 11.8 Å². The number of unbranched alkanes of at least 4 members (excludes halogenated alkanes) is 2. The molecule has 0 saturated heterocycles. The summed E-state index contributed by atoms with van der Waals surface area (Å²) >= 11 is 0. The van der Waals surface area contributed by atoms with E-state index in [-0.39, 0.29) is 24.0 Å². The Kier molecular flexibility index (Phi) is 12.5. The largest absolute Gasteiger partial charge is 0.508 e. The summed E-state index contributed by atoms with van der Waals surface area (Å²) in [6.07, 6.45) is 2.96. The van der Waals surface area contributed by atoms with Crippen molar-refractivity contribution in [2.24, 2.45) is 0 Å². The van der Waals surface area contributed by atoms with Crippen molar-refractivity contribution in [2.45, 2.75) is 98.3 Å². The summed E-state index contributed by atoms with van der Waals surface area (Å²) in [7, 11) is 0. The number of aryl methyl sites for hydroxylation is 2. The van der Waals surface area contributed by atoms with Gasteiger partial charge < -0.3 is 25.4 Å². The maximum Gasteiger partial charge on any atom is 0.408 e. The molecule has 0 aliphatic rings. The molecular formula is C32H47N3O5. The van der Waals surface area contributed by atoms with Crippen LogP contribution in [0.5, 0.6) is 5.75 Å². The molecular weight excluding hydrogens is 506 g/mol. The number of hydrogen-bond donors (Lipinski definition) is 3. The number of benzene rings is 2. The molecule has 0 radical (unpaired) electrons. The number of phenols is 1. The van der Waals surface area contributed by atoms with Crippen LogP contribution in [0.4, 0.5) is 4.79 Å². The van der Waals surface area contributed by atoms with Crippen LogP contribution in [0.2, 0.25) is 0 Å². The summed E-state index contributed by atoms with van der Waals surface area (Å²) in [5.74, 6) is -0.512. The van der Waals surface area contributed by atoms with E-state index in [1.807, 2.05) is 39.0 Å². The van der Waals surface area contributed by atoms with Crippen LogP contribution in [0.15, 0.2) is 42.5 Å². The zero-order chi connectivity index (χ0) is 29.9. The lowest BCUT2D eigenvalue weighted by molar-refractivity contribution is -0.142. The zero-order valence-electron chi connectivity index (χ0n) is 25.2. The summed E-state index contributed by atoms with van der Waals surface area (Å²) in [6.45, 7) is 14.1. The fraction of sp³-hybridized carbons (Fsp3) is 0.531. The minimum atomic E-state index is -0.995. The van der Waals surface area contributed by atoms with Crippen LogP contribution < -0.4 is 10.6 Å². The van der Waals surface area contributed by atoms with E-state index >= 15 is 0 Å². The van der Waals surface area contributed by atoms with E-state index in [2.05, 4.69) is 17.6 Å². The van der Waals surface area contributed by atoms with Crippen LogP contribution in [-0.4, -0.2) is 52.6 Å². The highest BCUT2D eigenvalue weighted by molar-refractivity contribution is 5.92. The topological polar surface area (TPSA) is 108 Å². The second-order valence-corrected chi connectivity index (χ2v) is 11.3. The van der Waals surface area contributed by atoms with Crippen LogP contribution in [0.1, 0.15) is 88.6 Å². The second kappa shape index (κ2) is 15.3. The molecule has 3 N–H and O–H groups in total. The van der Waals surface area contributed by atoms with E-state index in [4.69, 9.17) is 4.74 Å². The first-order chi connectivity index (χ1) is 18.9. The van der Waals surface area contributed by atoms with Crippen LogP contribution in [0, 0.1) is 13.8 Å². The van der Waals surface area contributed by atoms with Gasteiger partial charge in [-0.1, -0.05) is 57.0 Å². The molecule has 0 fully saturated rings. The van der Waals surface area contributed by atoms with Gasteiger partial charge in [0.05, 0.1) is 0 Å². The van der Waals surface area contributed by atoms with Gasteiger partial charge in [0.25, 0.3) is 0 Å². The summed E-state index contributed by atoms with van der Waals surface area (Å²) in [5, 5.41) is 15.6. The fourth-order valence-corrected chi connectivity index (χ4v) is 4.70. The third-order valence-electron chi connectivity index (χ3n) is 6.57.